The van der Waals surface area contributed by atoms with E-state index < -0.39 is 0 Å². The molecule has 1 unspecified atom stereocenters. The molecule has 0 heterocycles. The Bertz CT molecular complexity index is 443. The van der Waals surface area contributed by atoms with Gasteiger partial charge < -0.3 is 11.1 Å². The van der Waals surface area contributed by atoms with Crippen molar-refractivity contribution in [3.05, 3.63) is 29.8 Å². The largest absolute Gasteiger partial charge is 0.398 e. The van der Waals surface area contributed by atoms with Crippen LogP contribution in [-0.2, 0) is 11.3 Å². The van der Waals surface area contributed by atoms with Crippen molar-refractivity contribution in [2.45, 2.75) is 45.3 Å². The van der Waals surface area contributed by atoms with Gasteiger partial charge in [0.2, 0.25) is 5.91 Å². The van der Waals surface area contributed by atoms with Gasteiger partial charge in [-0.25, -0.2) is 0 Å². The van der Waals surface area contributed by atoms with Crippen LogP contribution in [0.4, 0.5) is 5.69 Å². The number of carbonyl (C=O) groups is 1. The maximum Gasteiger partial charge on any atom is 0.237 e. The van der Waals surface area contributed by atoms with E-state index in [1.807, 2.05) is 31.2 Å². The van der Waals surface area contributed by atoms with Crippen molar-refractivity contribution in [3.63, 3.8) is 0 Å². The molecule has 1 aliphatic carbocycles. The molecular formula is C15H23N3O. The van der Waals surface area contributed by atoms with Gasteiger partial charge in [-0.15, -0.1) is 0 Å². The predicted octanol–water partition coefficient (Wildman–Crippen LogP) is 1.76. The molecule has 1 fully saturated rings. The number of benzene rings is 1. The number of rotatable bonds is 6. The van der Waals surface area contributed by atoms with Gasteiger partial charge in [0.25, 0.3) is 0 Å². The lowest BCUT2D eigenvalue weighted by Crippen LogP contribution is -2.45. The summed E-state index contributed by atoms with van der Waals surface area (Å²) in [6.45, 7) is 5.57. The van der Waals surface area contributed by atoms with Gasteiger partial charge in [-0.1, -0.05) is 25.1 Å². The third kappa shape index (κ3) is 3.70. The molecular weight excluding hydrogens is 238 g/mol. The molecule has 1 amide bonds. The molecule has 0 saturated heterocycles. The number of nitrogens with one attached hydrogen (secondary N) is 1. The molecule has 1 atom stereocenters. The van der Waals surface area contributed by atoms with Crippen LogP contribution in [0.2, 0.25) is 0 Å². The molecule has 3 N–H and O–H groups in total. The second-order valence-corrected chi connectivity index (χ2v) is 5.22. The SMILES string of the molecule is CCN(Cc1ccccc1N)C(C)C(=O)NC1CC1. The van der Waals surface area contributed by atoms with Gasteiger partial charge in [0.05, 0.1) is 6.04 Å². The van der Waals surface area contributed by atoms with Crippen LogP contribution < -0.4 is 11.1 Å². The number of hydrogen-bond donors (Lipinski definition) is 2. The zero-order valence-corrected chi connectivity index (χ0v) is 11.7. The van der Waals surface area contributed by atoms with E-state index in [-0.39, 0.29) is 11.9 Å². The van der Waals surface area contributed by atoms with Gasteiger partial charge in [-0.2, -0.15) is 0 Å². The van der Waals surface area contributed by atoms with E-state index >= 15 is 0 Å². The summed E-state index contributed by atoms with van der Waals surface area (Å²) in [5, 5.41) is 3.06. The zero-order chi connectivity index (χ0) is 13.8. The van der Waals surface area contributed by atoms with Crippen molar-refractivity contribution in [2.24, 2.45) is 0 Å². The van der Waals surface area contributed by atoms with Crippen LogP contribution in [0.3, 0.4) is 0 Å². The van der Waals surface area contributed by atoms with Gasteiger partial charge in [-0.05, 0) is 37.9 Å². The lowest BCUT2D eigenvalue weighted by molar-refractivity contribution is -0.126. The molecule has 4 nitrogen and oxygen atoms in total. The van der Waals surface area contributed by atoms with Gasteiger partial charge in [0, 0.05) is 18.3 Å². The number of likely N-dealkylation sites (N-methyl/N-ethyl adjacent to an activating group) is 1. The number of anilines is 1. The third-order valence-corrected chi connectivity index (χ3v) is 3.69. The van der Waals surface area contributed by atoms with Crippen molar-refractivity contribution in [1.29, 1.82) is 0 Å². The van der Waals surface area contributed by atoms with E-state index in [1.54, 1.807) is 0 Å². The zero-order valence-electron chi connectivity index (χ0n) is 11.7. The minimum Gasteiger partial charge on any atom is -0.398 e. The number of hydrogen-bond acceptors (Lipinski definition) is 3. The number of nitrogen functional groups attached to an aromatic ring is 1. The summed E-state index contributed by atoms with van der Waals surface area (Å²) in [5.41, 5.74) is 7.83. The Hall–Kier alpha value is -1.55. The summed E-state index contributed by atoms with van der Waals surface area (Å²) < 4.78 is 0. The minimum absolute atomic E-state index is 0.120. The lowest BCUT2D eigenvalue weighted by atomic mass is 10.1. The molecule has 0 aromatic heterocycles. The summed E-state index contributed by atoms with van der Waals surface area (Å²) in [6, 6.07) is 8.12. The minimum atomic E-state index is -0.120. The lowest BCUT2D eigenvalue weighted by Gasteiger charge is -2.27. The summed E-state index contributed by atoms with van der Waals surface area (Å²) >= 11 is 0. The molecule has 0 spiro atoms. The molecule has 0 bridgehead atoms. The van der Waals surface area contributed by atoms with Crippen LogP contribution >= 0.6 is 0 Å². The van der Waals surface area contributed by atoms with Crippen LogP contribution in [0.5, 0.6) is 0 Å². The summed E-state index contributed by atoms with van der Waals surface area (Å²) in [5.74, 6) is 0.124. The quantitative estimate of drug-likeness (QED) is 0.767. The standard InChI is InChI=1S/C15H23N3O/c1-3-18(10-12-6-4-5-7-14(12)16)11(2)15(19)17-13-8-9-13/h4-7,11,13H,3,8-10,16H2,1-2H3,(H,17,19). The fourth-order valence-electron chi connectivity index (χ4n) is 2.13. The first-order valence-corrected chi connectivity index (χ1v) is 6.99. The molecule has 19 heavy (non-hydrogen) atoms. The van der Waals surface area contributed by atoms with Crippen LogP contribution in [0, 0.1) is 0 Å². The molecule has 1 aromatic rings. The molecule has 2 rings (SSSR count). The molecule has 1 aliphatic rings. The average Bonchev–Trinajstić information content (AvgIpc) is 3.21. The van der Waals surface area contributed by atoms with E-state index in [1.165, 1.54) is 0 Å². The smallest absolute Gasteiger partial charge is 0.237 e. The molecule has 0 radical (unpaired) electrons. The molecule has 1 saturated carbocycles. The van der Waals surface area contributed by atoms with Gasteiger partial charge >= 0.3 is 0 Å². The number of nitrogens with zero attached hydrogens (tertiary/aromatic N) is 1. The molecule has 0 aliphatic heterocycles. The second kappa shape index (κ2) is 6.06. The highest BCUT2D eigenvalue weighted by Crippen LogP contribution is 2.20. The van der Waals surface area contributed by atoms with Crippen molar-refractivity contribution >= 4 is 11.6 Å². The van der Waals surface area contributed by atoms with Gasteiger partial charge in [0.1, 0.15) is 0 Å². The van der Waals surface area contributed by atoms with Crippen molar-refractivity contribution in [1.82, 2.24) is 10.2 Å². The number of nitrogens with two attached hydrogens (primary N) is 1. The molecule has 104 valence electrons. The first-order valence-electron chi connectivity index (χ1n) is 6.99. The highest BCUT2D eigenvalue weighted by molar-refractivity contribution is 5.81. The average molecular weight is 261 g/mol. The highest BCUT2D eigenvalue weighted by Gasteiger charge is 2.27. The Kier molecular flexibility index (Phi) is 4.43. The Balaban J connectivity index is 1.98. The maximum atomic E-state index is 12.1. The van der Waals surface area contributed by atoms with E-state index in [4.69, 9.17) is 5.73 Å². The third-order valence-electron chi connectivity index (χ3n) is 3.69. The Morgan fingerprint density at radius 3 is 2.74 bits per heavy atom. The maximum absolute atomic E-state index is 12.1. The summed E-state index contributed by atoms with van der Waals surface area (Å²) in [4.78, 5) is 14.2. The fourth-order valence-corrected chi connectivity index (χ4v) is 2.13. The summed E-state index contributed by atoms with van der Waals surface area (Å²) in [7, 11) is 0. The number of amides is 1. The first-order chi connectivity index (χ1) is 9.11. The first kappa shape index (κ1) is 13.9. The van der Waals surface area contributed by atoms with Gasteiger partial charge in [0.15, 0.2) is 0 Å². The fraction of sp³-hybridized carbons (Fsp3) is 0.533. The normalized spacial score (nSPS) is 16.4. The second-order valence-electron chi connectivity index (χ2n) is 5.22. The van der Waals surface area contributed by atoms with E-state index in [0.717, 1.165) is 30.6 Å². The van der Waals surface area contributed by atoms with Crippen LogP contribution in [0.15, 0.2) is 24.3 Å². The van der Waals surface area contributed by atoms with E-state index in [2.05, 4.69) is 17.1 Å². The number of carbonyl (C=O) groups excluding carboxylic acids is 1. The number of para-hydroxylation sites is 1. The van der Waals surface area contributed by atoms with Crippen molar-refractivity contribution in [2.75, 3.05) is 12.3 Å². The predicted molar refractivity (Wildman–Crippen MR) is 77.6 cm³/mol. The van der Waals surface area contributed by atoms with E-state index in [0.29, 0.717) is 12.6 Å². The Labute approximate surface area is 115 Å². The molecule has 4 heteroatoms. The Morgan fingerprint density at radius 2 is 2.16 bits per heavy atom. The van der Waals surface area contributed by atoms with E-state index in [9.17, 15) is 4.79 Å². The highest BCUT2D eigenvalue weighted by atomic mass is 16.2. The molecule has 1 aromatic carbocycles. The van der Waals surface area contributed by atoms with Crippen LogP contribution in [0.25, 0.3) is 0 Å². The van der Waals surface area contributed by atoms with Crippen LogP contribution in [0.1, 0.15) is 32.3 Å². The van der Waals surface area contributed by atoms with Crippen molar-refractivity contribution < 1.29 is 4.79 Å². The summed E-state index contributed by atoms with van der Waals surface area (Å²) in [6.07, 6.45) is 2.24. The Morgan fingerprint density at radius 1 is 1.47 bits per heavy atom. The van der Waals surface area contributed by atoms with Crippen LogP contribution in [-0.4, -0.2) is 29.4 Å². The van der Waals surface area contributed by atoms with Gasteiger partial charge in [-0.3, -0.25) is 9.69 Å². The van der Waals surface area contributed by atoms with Crippen molar-refractivity contribution in [3.8, 4) is 0 Å². The monoisotopic (exact) mass is 261 g/mol. The topological polar surface area (TPSA) is 58.4 Å².